The first kappa shape index (κ1) is 14.1. The fourth-order valence-electron chi connectivity index (χ4n) is 3.25. The van der Waals surface area contributed by atoms with E-state index in [1.807, 2.05) is 36.2 Å². The molecule has 5 nitrogen and oxygen atoms in total. The van der Waals surface area contributed by atoms with Gasteiger partial charge in [-0.05, 0) is 24.8 Å². The molecule has 2 aromatic rings. The molecule has 0 bridgehead atoms. The maximum absolute atomic E-state index is 12.9. The summed E-state index contributed by atoms with van der Waals surface area (Å²) in [5.74, 6) is 0.636. The number of nitrogens with two attached hydrogens (primary N) is 1. The van der Waals surface area contributed by atoms with Gasteiger partial charge in [-0.3, -0.25) is 9.48 Å². The lowest BCUT2D eigenvalue weighted by Gasteiger charge is -2.37. The second-order valence-corrected chi connectivity index (χ2v) is 6.01. The highest BCUT2D eigenvalue weighted by molar-refractivity contribution is 6.05. The molecule has 1 aromatic heterocycles. The molecule has 5 heteroatoms. The Labute approximate surface area is 124 Å². The van der Waals surface area contributed by atoms with Crippen LogP contribution in [-0.2, 0) is 7.05 Å². The van der Waals surface area contributed by atoms with Gasteiger partial charge < -0.3 is 10.6 Å². The van der Waals surface area contributed by atoms with Crippen LogP contribution < -0.4 is 5.73 Å². The average molecular weight is 286 g/mol. The van der Waals surface area contributed by atoms with Crippen molar-refractivity contribution in [2.45, 2.75) is 25.8 Å². The topological polar surface area (TPSA) is 64.2 Å². The first-order valence-electron chi connectivity index (χ1n) is 7.54. The van der Waals surface area contributed by atoms with E-state index in [-0.39, 0.29) is 11.9 Å². The van der Waals surface area contributed by atoms with Crippen molar-refractivity contribution in [2.75, 3.05) is 13.1 Å². The van der Waals surface area contributed by atoms with E-state index in [1.165, 1.54) is 0 Å². The van der Waals surface area contributed by atoms with Crippen LogP contribution in [0.5, 0.6) is 0 Å². The third-order valence-electron chi connectivity index (χ3n) is 4.47. The molecule has 1 aliphatic heterocycles. The van der Waals surface area contributed by atoms with Gasteiger partial charge in [0.05, 0.1) is 5.52 Å². The molecule has 2 N–H and O–H groups in total. The minimum Gasteiger partial charge on any atom is -0.333 e. The normalized spacial score (nSPS) is 22.7. The van der Waals surface area contributed by atoms with Gasteiger partial charge in [-0.15, -0.1) is 0 Å². The summed E-state index contributed by atoms with van der Waals surface area (Å²) in [6.45, 7) is 3.51. The van der Waals surface area contributed by atoms with E-state index in [1.54, 1.807) is 4.68 Å². The van der Waals surface area contributed by atoms with Gasteiger partial charge in [0.1, 0.15) is 0 Å². The number of nitrogens with zero attached hydrogens (tertiary/aromatic N) is 3. The maximum atomic E-state index is 12.9. The molecule has 1 fully saturated rings. The molecule has 1 saturated heterocycles. The number of aromatic nitrogens is 2. The van der Waals surface area contributed by atoms with Crippen molar-refractivity contribution in [1.82, 2.24) is 14.7 Å². The molecule has 1 amide bonds. The van der Waals surface area contributed by atoms with E-state index in [2.05, 4.69) is 12.0 Å². The number of fused-ring (bicyclic) bond motifs is 1. The predicted octanol–water partition coefficient (Wildman–Crippen LogP) is 1.77. The van der Waals surface area contributed by atoms with E-state index >= 15 is 0 Å². The van der Waals surface area contributed by atoms with Gasteiger partial charge in [-0.1, -0.05) is 25.1 Å². The van der Waals surface area contributed by atoms with Crippen molar-refractivity contribution in [3.8, 4) is 0 Å². The summed E-state index contributed by atoms with van der Waals surface area (Å²) < 4.78 is 1.77. The van der Waals surface area contributed by atoms with Crippen molar-refractivity contribution in [2.24, 2.45) is 18.7 Å². The molecule has 0 aliphatic carbocycles. The number of benzene rings is 1. The number of piperidine rings is 1. The molecule has 1 aromatic carbocycles. The zero-order valence-corrected chi connectivity index (χ0v) is 12.6. The number of likely N-dealkylation sites (tertiary alicyclic amines) is 1. The zero-order chi connectivity index (χ0) is 15.0. The van der Waals surface area contributed by atoms with Crippen LogP contribution in [0, 0.1) is 5.92 Å². The maximum Gasteiger partial charge on any atom is 0.275 e. The van der Waals surface area contributed by atoms with E-state index in [4.69, 9.17) is 5.73 Å². The van der Waals surface area contributed by atoms with Gasteiger partial charge in [-0.2, -0.15) is 5.10 Å². The lowest BCUT2D eigenvalue weighted by molar-refractivity contribution is 0.0569. The molecule has 0 saturated carbocycles. The number of rotatable bonds is 2. The Balaban J connectivity index is 1.96. The summed E-state index contributed by atoms with van der Waals surface area (Å²) in [5.41, 5.74) is 7.39. The molecule has 21 heavy (non-hydrogen) atoms. The summed E-state index contributed by atoms with van der Waals surface area (Å²) in [4.78, 5) is 14.8. The number of carbonyl (C=O) groups excluding carboxylic acids is 1. The number of hydrogen-bond donors (Lipinski definition) is 1. The van der Waals surface area contributed by atoms with Gasteiger partial charge in [0, 0.05) is 31.6 Å². The Kier molecular flexibility index (Phi) is 3.68. The van der Waals surface area contributed by atoms with Crippen LogP contribution in [0.1, 0.15) is 30.3 Å². The van der Waals surface area contributed by atoms with E-state index in [0.29, 0.717) is 18.2 Å². The smallest absolute Gasteiger partial charge is 0.275 e. The van der Waals surface area contributed by atoms with Crippen LogP contribution in [0.4, 0.5) is 0 Å². The van der Waals surface area contributed by atoms with Crippen LogP contribution in [0.15, 0.2) is 24.3 Å². The molecule has 112 valence electrons. The monoisotopic (exact) mass is 286 g/mol. The third kappa shape index (κ3) is 2.42. The van der Waals surface area contributed by atoms with E-state index in [9.17, 15) is 4.79 Å². The second kappa shape index (κ2) is 5.48. The Morgan fingerprint density at radius 1 is 1.43 bits per heavy atom. The van der Waals surface area contributed by atoms with Crippen LogP contribution in [0.25, 0.3) is 10.9 Å². The van der Waals surface area contributed by atoms with Gasteiger partial charge in [-0.25, -0.2) is 0 Å². The first-order chi connectivity index (χ1) is 10.1. The van der Waals surface area contributed by atoms with E-state index in [0.717, 1.165) is 30.3 Å². The van der Waals surface area contributed by atoms with Gasteiger partial charge in [0.15, 0.2) is 5.69 Å². The van der Waals surface area contributed by atoms with Crippen LogP contribution in [-0.4, -0.2) is 39.7 Å². The third-order valence-corrected chi connectivity index (χ3v) is 4.47. The van der Waals surface area contributed by atoms with Crippen molar-refractivity contribution >= 4 is 16.8 Å². The minimum absolute atomic E-state index is 0.00847. The molecule has 2 heterocycles. The number of hydrogen-bond acceptors (Lipinski definition) is 3. The Morgan fingerprint density at radius 2 is 2.19 bits per heavy atom. The number of para-hydroxylation sites is 1. The molecule has 2 unspecified atom stereocenters. The van der Waals surface area contributed by atoms with Gasteiger partial charge in [0.2, 0.25) is 0 Å². The summed E-state index contributed by atoms with van der Waals surface area (Å²) >= 11 is 0. The standard InChI is InChI=1S/C16H22N4O/c1-11-7-8-20(12(9-11)10-17)16(21)15-13-5-3-4-6-14(13)19(2)18-15/h3-6,11-12H,7-10,17H2,1-2H3. The molecular formula is C16H22N4O. The van der Waals surface area contributed by atoms with Crippen LogP contribution in [0.2, 0.25) is 0 Å². The molecular weight excluding hydrogens is 264 g/mol. The predicted molar refractivity (Wildman–Crippen MR) is 83.0 cm³/mol. The van der Waals surface area contributed by atoms with Gasteiger partial charge in [0.25, 0.3) is 5.91 Å². The number of carbonyl (C=O) groups is 1. The molecule has 0 spiro atoms. The molecule has 3 rings (SSSR count). The summed E-state index contributed by atoms with van der Waals surface area (Å²) in [5, 5.41) is 5.35. The van der Waals surface area contributed by atoms with Crippen molar-refractivity contribution in [3.63, 3.8) is 0 Å². The highest BCUT2D eigenvalue weighted by Crippen LogP contribution is 2.25. The summed E-state index contributed by atoms with van der Waals surface area (Å²) in [6, 6.07) is 7.97. The Bertz CT molecular complexity index is 663. The number of amides is 1. The molecule has 0 radical (unpaired) electrons. The van der Waals surface area contributed by atoms with Crippen molar-refractivity contribution in [1.29, 1.82) is 0 Å². The van der Waals surface area contributed by atoms with E-state index < -0.39 is 0 Å². The fourth-order valence-corrected chi connectivity index (χ4v) is 3.25. The highest BCUT2D eigenvalue weighted by Gasteiger charge is 2.31. The van der Waals surface area contributed by atoms with Crippen LogP contribution in [0.3, 0.4) is 0 Å². The Morgan fingerprint density at radius 3 is 2.95 bits per heavy atom. The number of aryl methyl sites for hydroxylation is 1. The fraction of sp³-hybridized carbons (Fsp3) is 0.500. The van der Waals surface area contributed by atoms with Gasteiger partial charge >= 0.3 is 0 Å². The average Bonchev–Trinajstić information content (AvgIpc) is 2.84. The molecule has 2 atom stereocenters. The Hall–Kier alpha value is -1.88. The quantitative estimate of drug-likeness (QED) is 0.915. The molecule has 1 aliphatic rings. The van der Waals surface area contributed by atoms with Crippen LogP contribution >= 0.6 is 0 Å². The highest BCUT2D eigenvalue weighted by atomic mass is 16.2. The lowest BCUT2D eigenvalue weighted by atomic mass is 9.92. The largest absolute Gasteiger partial charge is 0.333 e. The van der Waals surface area contributed by atoms with Crippen molar-refractivity contribution < 1.29 is 4.79 Å². The lowest BCUT2D eigenvalue weighted by Crippen LogP contribution is -2.49. The first-order valence-corrected chi connectivity index (χ1v) is 7.54. The summed E-state index contributed by atoms with van der Waals surface area (Å²) in [6.07, 6.45) is 2.01. The SMILES string of the molecule is CC1CCN(C(=O)c2nn(C)c3ccccc23)C(CN)C1. The summed E-state index contributed by atoms with van der Waals surface area (Å²) in [7, 11) is 1.87. The zero-order valence-electron chi connectivity index (χ0n) is 12.6. The second-order valence-electron chi connectivity index (χ2n) is 6.01. The minimum atomic E-state index is 0.00847. The van der Waals surface area contributed by atoms with Crippen molar-refractivity contribution in [3.05, 3.63) is 30.0 Å².